The van der Waals surface area contributed by atoms with Crippen molar-refractivity contribution < 1.29 is 0 Å². The molecular weight excluding hydrogens is 308 g/mol. The summed E-state index contributed by atoms with van der Waals surface area (Å²) in [6.07, 6.45) is 2.40. The molecule has 0 aliphatic carbocycles. The number of hydrogen-bond donors (Lipinski definition) is 1. The van der Waals surface area contributed by atoms with E-state index in [1.165, 1.54) is 12.8 Å². The van der Waals surface area contributed by atoms with Crippen molar-refractivity contribution in [2.75, 3.05) is 23.3 Å². The molecule has 0 radical (unpaired) electrons. The van der Waals surface area contributed by atoms with Crippen LogP contribution in [0.25, 0.3) is 0 Å². The van der Waals surface area contributed by atoms with Crippen LogP contribution in [0.1, 0.15) is 31.0 Å². The van der Waals surface area contributed by atoms with Crippen LogP contribution in [0, 0.1) is 19.8 Å². The number of halogens is 1. The minimum atomic E-state index is 0.756. The number of benzene rings is 1. The standard InChI is InChI=1S/C18H23ClN4/c1-12-6-8-23(9-7-12)18-20-14(3)10-17(22-18)21-15-5-4-13(2)16(19)11-15/h4-5,10-12H,6-9H2,1-3H3,(H,20,21,22). The van der Waals surface area contributed by atoms with Gasteiger partial charge in [-0.3, -0.25) is 0 Å². The van der Waals surface area contributed by atoms with Crippen LogP contribution in [0.15, 0.2) is 24.3 Å². The van der Waals surface area contributed by atoms with E-state index in [1.807, 2.05) is 38.1 Å². The molecule has 0 unspecified atom stereocenters. The maximum atomic E-state index is 6.20. The fraction of sp³-hybridized carbons (Fsp3) is 0.444. The van der Waals surface area contributed by atoms with Crippen molar-refractivity contribution in [3.8, 4) is 0 Å². The summed E-state index contributed by atoms with van der Waals surface area (Å²) in [6.45, 7) is 8.37. The van der Waals surface area contributed by atoms with E-state index < -0.39 is 0 Å². The largest absolute Gasteiger partial charge is 0.341 e. The molecule has 2 aromatic rings. The Bertz CT molecular complexity index is 693. The molecule has 5 heteroatoms. The van der Waals surface area contributed by atoms with Gasteiger partial charge in [-0.25, -0.2) is 4.98 Å². The second kappa shape index (κ2) is 6.75. The average molecular weight is 331 g/mol. The van der Waals surface area contributed by atoms with E-state index in [9.17, 15) is 0 Å². The minimum Gasteiger partial charge on any atom is -0.341 e. The molecule has 0 bridgehead atoms. The number of nitrogens with zero attached hydrogens (tertiary/aromatic N) is 3. The van der Waals surface area contributed by atoms with Gasteiger partial charge in [-0.15, -0.1) is 0 Å². The van der Waals surface area contributed by atoms with E-state index in [0.717, 1.165) is 52.7 Å². The number of aryl methyl sites for hydroxylation is 2. The van der Waals surface area contributed by atoms with Crippen molar-refractivity contribution in [2.24, 2.45) is 5.92 Å². The zero-order valence-electron chi connectivity index (χ0n) is 13.9. The van der Waals surface area contributed by atoms with Crippen molar-refractivity contribution in [1.29, 1.82) is 0 Å². The smallest absolute Gasteiger partial charge is 0.227 e. The van der Waals surface area contributed by atoms with Gasteiger partial charge in [0.25, 0.3) is 0 Å². The monoisotopic (exact) mass is 330 g/mol. The lowest BCUT2D eigenvalue weighted by atomic mass is 10.00. The molecule has 4 nitrogen and oxygen atoms in total. The summed E-state index contributed by atoms with van der Waals surface area (Å²) < 4.78 is 0. The fourth-order valence-corrected chi connectivity index (χ4v) is 2.97. The number of anilines is 3. The van der Waals surface area contributed by atoms with Crippen LogP contribution in [0.2, 0.25) is 5.02 Å². The third-order valence-electron chi connectivity index (χ3n) is 4.35. The Kier molecular flexibility index (Phi) is 4.71. The number of rotatable bonds is 3. The summed E-state index contributed by atoms with van der Waals surface area (Å²) in [4.78, 5) is 11.6. The molecular formula is C18H23ClN4. The van der Waals surface area contributed by atoms with E-state index in [4.69, 9.17) is 16.6 Å². The van der Waals surface area contributed by atoms with Crippen LogP contribution < -0.4 is 10.2 Å². The number of nitrogens with one attached hydrogen (secondary N) is 1. The highest BCUT2D eigenvalue weighted by atomic mass is 35.5. The van der Waals surface area contributed by atoms with E-state index in [2.05, 4.69) is 22.1 Å². The maximum absolute atomic E-state index is 6.20. The first kappa shape index (κ1) is 16.1. The number of hydrogen-bond acceptors (Lipinski definition) is 4. The molecule has 1 aromatic heterocycles. The number of piperidine rings is 1. The highest BCUT2D eigenvalue weighted by Crippen LogP contribution is 2.25. The molecule has 23 heavy (non-hydrogen) atoms. The predicted octanol–water partition coefficient (Wildman–Crippen LogP) is 4.73. The van der Waals surface area contributed by atoms with E-state index in [-0.39, 0.29) is 0 Å². The van der Waals surface area contributed by atoms with Crippen molar-refractivity contribution in [3.05, 3.63) is 40.5 Å². The lowest BCUT2D eigenvalue weighted by Crippen LogP contribution is -2.34. The molecule has 1 saturated heterocycles. The van der Waals surface area contributed by atoms with Gasteiger partial charge in [-0.2, -0.15) is 4.98 Å². The Morgan fingerprint density at radius 3 is 2.57 bits per heavy atom. The summed E-state index contributed by atoms with van der Waals surface area (Å²) >= 11 is 6.20. The summed E-state index contributed by atoms with van der Waals surface area (Å²) in [7, 11) is 0. The molecule has 122 valence electrons. The van der Waals surface area contributed by atoms with Gasteiger partial charge in [0, 0.05) is 35.6 Å². The quantitative estimate of drug-likeness (QED) is 0.883. The van der Waals surface area contributed by atoms with Crippen LogP contribution in [0.5, 0.6) is 0 Å². The first-order chi connectivity index (χ1) is 11.0. The zero-order valence-corrected chi connectivity index (χ0v) is 14.7. The minimum absolute atomic E-state index is 0.756. The van der Waals surface area contributed by atoms with Crippen LogP contribution in [0.4, 0.5) is 17.5 Å². The molecule has 0 amide bonds. The Labute approximate surface area is 142 Å². The van der Waals surface area contributed by atoms with Crippen LogP contribution in [0.3, 0.4) is 0 Å². The lowest BCUT2D eigenvalue weighted by molar-refractivity contribution is 0.434. The molecule has 0 saturated carbocycles. The summed E-state index contributed by atoms with van der Waals surface area (Å²) in [6, 6.07) is 7.91. The SMILES string of the molecule is Cc1cc(Nc2ccc(C)c(Cl)c2)nc(N2CCC(C)CC2)n1. The van der Waals surface area contributed by atoms with E-state index >= 15 is 0 Å². The first-order valence-corrected chi connectivity index (χ1v) is 8.53. The van der Waals surface area contributed by atoms with Crippen molar-refractivity contribution in [2.45, 2.75) is 33.6 Å². The first-order valence-electron chi connectivity index (χ1n) is 8.15. The van der Waals surface area contributed by atoms with Gasteiger partial charge >= 0.3 is 0 Å². The second-order valence-electron chi connectivity index (χ2n) is 6.45. The van der Waals surface area contributed by atoms with Gasteiger partial charge in [0.1, 0.15) is 5.82 Å². The Morgan fingerprint density at radius 2 is 1.87 bits per heavy atom. The normalized spacial score (nSPS) is 15.7. The van der Waals surface area contributed by atoms with Gasteiger partial charge in [0.15, 0.2) is 0 Å². The van der Waals surface area contributed by atoms with Crippen LogP contribution >= 0.6 is 11.6 Å². The molecule has 0 atom stereocenters. The molecule has 1 aliphatic heterocycles. The molecule has 3 rings (SSSR count). The lowest BCUT2D eigenvalue weighted by Gasteiger charge is -2.30. The van der Waals surface area contributed by atoms with Gasteiger partial charge in [-0.1, -0.05) is 24.6 Å². The van der Waals surface area contributed by atoms with Crippen LogP contribution in [-0.4, -0.2) is 23.1 Å². The van der Waals surface area contributed by atoms with Gasteiger partial charge < -0.3 is 10.2 Å². The Morgan fingerprint density at radius 1 is 1.13 bits per heavy atom. The van der Waals surface area contributed by atoms with Gasteiger partial charge in [0.05, 0.1) is 0 Å². The highest BCUT2D eigenvalue weighted by molar-refractivity contribution is 6.31. The molecule has 1 aliphatic rings. The molecule has 1 aromatic carbocycles. The maximum Gasteiger partial charge on any atom is 0.227 e. The van der Waals surface area contributed by atoms with E-state index in [1.54, 1.807) is 0 Å². The topological polar surface area (TPSA) is 41.1 Å². The van der Waals surface area contributed by atoms with Crippen molar-refractivity contribution in [1.82, 2.24) is 9.97 Å². The van der Waals surface area contributed by atoms with Crippen molar-refractivity contribution >= 4 is 29.1 Å². The predicted molar refractivity (Wildman–Crippen MR) is 96.9 cm³/mol. The van der Waals surface area contributed by atoms with Gasteiger partial charge in [-0.05, 0) is 50.3 Å². The third-order valence-corrected chi connectivity index (χ3v) is 4.76. The summed E-state index contributed by atoms with van der Waals surface area (Å²) in [5.74, 6) is 2.42. The highest BCUT2D eigenvalue weighted by Gasteiger charge is 2.18. The van der Waals surface area contributed by atoms with Gasteiger partial charge in [0.2, 0.25) is 5.95 Å². The Balaban J connectivity index is 1.81. The zero-order chi connectivity index (χ0) is 16.4. The number of aromatic nitrogens is 2. The molecule has 1 N–H and O–H groups in total. The third kappa shape index (κ3) is 3.94. The van der Waals surface area contributed by atoms with Crippen molar-refractivity contribution in [3.63, 3.8) is 0 Å². The molecule has 0 spiro atoms. The molecule has 1 fully saturated rings. The molecule has 2 heterocycles. The summed E-state index contributed by atoms with van der Waals surface area (Å²) in [5.41, 5.74) is 2.98. The second-order valence-corrected chi connectivity index (χ2v) is 6.86. The average Bonchev–Trinajstić information content (AvgIpc) is 2.51. The Hall–Kier alpha value is -1.81. The van der Waals surface area contributed by atoms with E-state index in [0.29, 0.717) is 0 Å². The summed E-state index contributed by atoms with van der Waals surface area (Å²) in [5, 5.41) is 4.09. The van der Waals surface area contributed by atoms with Crippen LogP contribution in [-0.2, 0) is 0 Å². The fourth-order valence-electron chi connectivity index (χ4n) is 2.79.